The summed E-state index contributed by atoms with van der Waals surface area (Å²) >= 11 is 2.19. The quantitative estimate of drug-likeness (QED) is 0.788. The van der Waals surface area contributed by atoms with Crippen molar-refractivity contribution in [1.29, 1.82) is 0 Å². The van der Waals surface area contributed by atoms with Crippen LogP contribution in [0.1, 0.15) is 5.56 Å². The average molecular weight is 384 g/mol. The summed E-state index contributed by atoms with van der Waals surface area (Å²) in [5, 5.41) is 5.80. The highest BCUT2D eigenvalue weighted by atomic mass is 127. The number of hydrogen-bond donors (Lipinski definition) is 2. The standard InChI is InChI=1S/C15H14FIN2O/c1-10-7-11(16)5-6-14(10)18-9-15(20)19-13-4-2-3-12(17)8-13/h2-8,18H,9H2,1H3,(H,19,20). The summed E-state index contributed by atoms with van der Waals surface area (Å²) in [5.74, 6) is -0.424. The van der Waals surface area contributed by atoms with Crippen molar-refractivity contribution < 1.29 is 9.18 Å². The van der Waals surface area contributed by atoms with Crippen molar-refractivity contribution in [2.45, 2.75) is 6.92 Å². The summed E-state index contributed by atoms with van der Waals surface area (Å²) in [7, 11) is 0. The van der Waals surface area contributed by atoms with Gasteiger partial charge in [0.15, 0.2) is 0 Å². The van der Waals surface area contributed by atoms with E-state index < -0.39 is 0 Å². The highest BCUT2D eigenvalue weighted by molar-refractivity contribution is 14.1. The Hall–Kier alpha value is -1.63. The number of amides is 1. The van der Waals surface area contributed by atoms with E-state index in [1.54, 1.807) is 13.0 Å². The largest absolute Gasteiger partial charge is 0.376 e. The fourth-order valence-electron chi connectivity index (χ4n) is 1.77. The van der Waals surface area contributed by atoms with Crippen molar-refractivity contribution in [3.63, 3.8) is 0 Å². The van der Waals surface area contributed by atoms with E-state index in [9.17, 15) is 9.18 Å². The fourth-order valence-corrected chi connectivity index (χ4v) is 2.32. The van der Waals surface area contributed by atoms with Crippen LogP contribution in [0.3, 0.4) is 0 Å². The van der Waals surface area contributed by atoms with Gasteiger partial charge in [0.05, 0.1) is 6.54 Å². The lowest BCUT2D eigenvalue weighted by Crippen LogP contribution is -2.22. The van der Waals surface area contributed by atoms with E-state index in [1.807, 2.05) is 24.3 Å². The van der Waals surface area contributed by atoms with Gasteiger partial charge in [0.2, 0.25) is 5.91 Å². The molecule has 0 saturated heterocycles. The SMILES string of the molecule is Cc1cc(F)ccc1NCC(=O)Nc1cccc(I)c1. The minimum absolute atomic E-state index is 0.137. The molecular formula is C15H14FIN2O. The van der Waals surface area contributed by atoms with Crippen LogP contribution >= 0.6 is 22.6 Å². The number of halogens is 2. The molecule has 2 aromatic rings. The van der Waals surface area contributed by atoms with Crippen LogP contribution in [0.15, 0.2) is 42.5 Å². The zero-order valence-corrected chi connectivity index (χ0v) is 13.1. The minimum atomic E-state index is -0.281. The molecule has 104 valence electrons. The van der Waals surface area contributed by atoms with E-state index in [2.05, 4.69) is 33.2 Å². The molecule has 0 heterocycles. The number of benzene rings is 2. The van der Waals surface area contributed by atoms with Gasteiger partial charge < -0.3 is 10.6 Å². The van der Waals surface area contributed by atoms with Crippen LogP contribution in [0.5, 0.6) is 0 Å². The molecule has 2 rings (SSSR count). The molecule has 0 atom stereocenters. The van der Waals surface area contributed by atoms with Gasteiger partial charge in [-0.1, -0.05) is 6.07 Å². The van der Waals surface area contributed by atoms with Crippen LogP contribution in [0, 0.1) is 16.3 Å². The Labute approximate surface area is 130 Å². The molecule has 0 bridgehead atoms. The van der Waals surface area contributed by atoms with Gasteiger partial charge in [-0.15, -0.1) is 0 Å². The first-order valence-corrected chi connectivity index (χ1v) is 7.18. The van der Waals surface area contributed by atoms with Gasteiger partial charge in [-0.3, -0.25) is 4.79 Å². The van der Waals surface area contributed by atoms with Crippen molar-refractivity contribution in [1.82, 2.24) is 0 Å². The topological polar surface area (TPSA) is 41.1 Å². The maximum Gasteiger partial charge on any atom is 0.243 e. The maximum absolute atomic E-state index is 13.0. The summed E-state index contributed by atoms with van der Waals surface area (Å²) in [6.07, 6.45) is 0. The van der Waals surface area contributed by atoms with Crippen molar-refractivity contribution in [2.24, 2.45) is 0 Å². The number of carbonyl (C=O) groups excluding carboxylic acids is 1. The predicted octanol–water partition coefficient (Wildman–Crippen LogP) is 3.79. The fraction of sp³-hybridized carbons (Fsp3) is 0.133. The average Bonchev–Trinajstić information content (AvgIpc) is 2.37. The second kappa shape index (κ2) is 6.69. The summed E-state index contributed by atoms with van der Waals surface area (Å²) in [6, 6.07) is 12.0. The first-order chi connectivity index (χ1) is 9.54. The monoisotopic (exact) mass is 384 g/mol. The Morgan fingerprint density at radius 3 is 2.75 bits per heavy atom. The third-order valence-electron chi connectivity index (χ3n) is 2.74. The Morgan fingerprint density at radius 1 is 1.25 bits per heavy atom. The highest BCUT2D eigenvalue weighted by Crippen LogP contribution is 2.16. The Kier molecular flexibility index (Phi) is 4.94. The van der Waals surface area contributed by atoms with Crippen LogP contribution in [0.25, 0.3) is 0 Å². The second-order valence-corrected chi connectivity index (χ2v) is 5.62. The van der Waals surface area contributed by atoms with Crippen LogP contribution < -0.4 is 10.6 Å². The summed E-state index contributed by atoms with van der Waals surface area (Å²) in [4.78, 5) is 11.8. The first-order valence-electron chi connectivity index (χ1n) is 6.10. The normalized spacial score (nSPS) is 10.2. The molecule has 0 spiro atoms. The molecule has 0 aliphatic carbocycles. The molecule has 3 nitrogen and oxygen atoms in total. The maximum atomic E-state index is 13.0. The zero-order valence-electron chi connectivity index (χ0n) is 10.9. The zero-order chi connectivity index (χ0) is 14.5. The van der Waals surface area contributed by atoms with Gasteiger partial charge >= 0.3 is 0 Å². The van der Waals surface area contributed by atoms with E-state index in [4.69, 9.17) is 0 Å². The molecule has 0 saturated carbocycles. The lowest BCUT2D eigenvalue weighted by atomic mass is 10.2. The molecule has 1 amide bonds. The van der Waals surface area contributed by atoms with E-state index in [0.717, 1.165) is 20.5 Å². The number of rotatable bonds is 4. The third kappa shape index (κ3) is 4.19. The molecule has 0 fully saturated rings. The molecule has 5 heteroatoms. The Morgan fingerprint density at radius 2 is 2.05 bits per heavy atom. The smallest absolute Gasteiger partial charge is 0.243 e. The van der Waals surface area contributed by atoms with Crippen molar-refractivity contribution in [2.75, 3.05) is 17.2 Å². The van der Waals surface area contributed by atoms with Gasteiger partial charge in [0, 0.05) is 14.9 Å². The molecule has 0 aliphatic rings. The molecular weight excluding hydrogens is 370 g/mol. The van der Waals surface area contributed by atoms with Crippen LogP contribution in [0.4, 0.5) is 15.8 Å². The summed E-state index contributed by atoms with van der Waals surface area (Å²) in [5.41, 5.74) is 2.29. The van der Waals surface area contributed by atoms with Gasteiger partial charge in [-0.25, -0.2) is 4.39 Å². The molecule has 0 radical (unpaired) electrons. The Bertz CT molecular complexity index is 631. The third-order valence-corrected chi connectivity index (χ3v) is 3.41. The van der Waals surface area contributed by atoms with Gasteiger partial charge in [-0.05, 0) is 71.5 Å². The van der Waals surface area contributed by atoms with E-state index in [0.29, 0.717) is 0 Å². The first kappa shape index (κ1) is 14.8. The molecule has 2 N–H and O–H groups in total. The lowest BCUT2D eigenvalue weighted by molar-refractivity contribution is -0.114. The molecule has 2 aromatic carbocycles. The van der Waals surface area contributed by atoms with Crippen molar-refractivity contribution in [3.05, 3.63) is 57.4 Å². The lowest BCUT2D eigenvalue weighted by Gasteiger charge is -2.10. The van der Waals surface area contributed by atoms with E-state index >= 15 is 0 Å². The Balaban J connectivity index is 1.92. The summed E-state index contributed by atoms with van der Waals surface area (Å²) < 4.78 is 14.0. The van der Waals surface area contributed by atoms with E-state index in [1.165, 1.54) is 12.1 Å². The van der Waals surface area contributed by atoms with Crippen LogP contribution in [0.2, 0.25) is 0 Å². The van der Waals surface area contributed by atoms with Crippen molar-refractivity contribution >= 4 is 39.9 Å². The second-order valence-electron chi connectivity index (χ2n) is 4.37. The van der Waals surface area contributed by atoms with E-state index in [-0.39, 0.29) is 18.3 Å². The molecule has 0 unspecified atom stereocenters. The molecule has 20 heavy (non-hydrogen) atoms. The minimum Gasteiger partial charge on any atom is -0.376 e. The molecule has 0 aliphatic heterocycles. The van der Waals surface area contributed by atoms with Gasteiger partial charge in [0.25, 0.3) is 0 Å². The number of carbonyl (C=O) groups is 1. The van der Waals surface area contributed by atoms with Crippen LogP contribution in [-0.4, -0.2) is 12.5 Å². The number of hydrogen-bond acceptors (Lipinski definition) is 2. The van der Waals surface area contributed by atoms with Crippen molar-refractivity contribution in [3.8, 4) is 0 Å². The highest BCUT2D eigenvalue weighted by Gasteiger charge is 2.04. The number of anilines is 2. The number of nitrogens with one attached hydrogen (secondary N) is 2. The molecule has 0 aromatic heterocycles. The van der Waals surface area contributed by atoms with Gasteiger partial charge in [0.1, 0.15) is 5.82 Å². The number of aryl methyl sites for hydroxylation is 1. The summed E-state index contributed by atoms with van der Waals surface area (Å²) in [6.45, 7) is 1.93. The van der Waals surface area contributed by atoms with Crippen LogP contribution in [-0.2, 0) is 4.79 Å². The van der Waals surface area contributed by atoms with Gasteiger partial charge in [-0.2, -0.15) is 0 Å². The predicted molar refractivity (Wildman–Crippen MR) is 87.4 cm³/mol.